The van der Waals surface area contributed by atoms with Gasteiger partial charge < -0.3 is 15.0 Å². The molecule has 0 saturated heterocycles. The second-order valence-corrected chi connectivity index (χ2v) is 7.21. The van der Waals surface area contributed by atoms with Gasteiger partial charge in [0.05, 0.1) is 0 Å². The predicted octanol–water partition coefficient (Wildman–Crippen LogP) is 4.82. The van der Waals surface area contributed by atoms with Gasteiger partial charge in [-0.2, -0.15) is 0 Å². The number of aromatic nitrogens is 1. The molecule has 4 rings (SSSR count). The van der Waals surface area contributed by atoms with E-state index in [1.54, 1.807) is 18.2 Å². The molecular weight excluding hydrogens is 355 g/mol. The van der Waals surface area contributed by atoms with Crippen LogP contribution in [0.25, 0.3) is 10.9 Å². The third-order valence-electron chi connectivity index (χ3n) is 5.24. The number of fused-ring (bicyclic) bond motifs is 3. The first-order chi connectivity index (χ1) is 13.6. The molecule has 5 heteroatoms. The minimum absolute atomic E-state index is 0.0269. The summed E-state index contributed by atoms with van der Waals surface area (Å²) in [6.07, 6.45) is 4.26. The highest BCUT2D eigenvalue weighted by molar-refractivity contribution is 5.88. The second-order valence-electron chi connectivity index (χ2n) is 7.21. The predicted molar refractivity (Wildman–Crippen MR) is 108 cm³/mol. The van der Waals surface area contributed by atoms with Crippen molar-refractivity contribution in [2.75, 3.05) is 0 Å². The van der Waals surface area contributed by atoms with E-state index < -0.39 is 6.09 Å². The summed E-state index contributed by atoms with van der Waals surface area (Å²) in [7, 11) is 0. The summed E-state index contributed by atoms with van der Waals surface area (Å²) in [4.78, 5) is 15.6. The third-order valence-corrected chi connectivity index (χ3v) is 5.24. The number of aryl methyl sites for hydroxylation is 1. The highest BCUT2D eigenvalue weighted by Crippen LogP contribution is 2.32. The number of halogens is 1. The van der Waals surface area contributed by atoms with Gasteiger partial charge in [-0.15, -0.1) is 6.58 Å². The molecule has 0 spiro atoms. The first-order valence-corrected chi connectivity index (χ1v) is 9.54. The summed E-state index contributed by atoms with van der Waals surface area (Å²) in [5.41, 5.74) is 5.04. The molecule has 4 nitrogen and oxygen atoms in total. The van der Waals surface area contributed by atoms with Gasteiger partial charge >= 0.3 is 6.09 Å². The molecule has 1 aliphatic carbocycles. The quantitative estimate of drug-likeness (QED) is 0.626. The molecule has 144 valence electrons. The summed E-state index contributed by atoms with van der Waals surface area (Å²) >= 11 is 0. The fourth-order valence-corrected chi connectivity index (χ4v) is 3.92. The number of ether oxygens (including phenoxy) is 1. The molecule has 1 aromatic heterocycles. The Morgan fingerprint density at radius 1 is 1.32 bits per heavy atom. The number of alkyl carbamates (subject to hydrolysis) is 1. The summed E-state index contributed by atoms with van der Waals surface area (Å²) in [6.45, 7) is 4.00. The Morgan fingerprint density at radius 3 is 2.93 bits per heavy atom. The van der Waals surface area contributed by atoms with Crippen molar-refractivity contribution in [3.63, 3.8) is 0 Å². The Hall–Kier alpha value is -3.08. The van der Waals surface area contributed by atoms with Crippen molar-refractivity contribution >= 4 is 17.0 Å². The third kappa shape index (κ3) is 3.79. The molecule has 28 heavy (non-hydrogen) atoms. The molecule has 1 heterocycles. The van der Waals surface area contributed by atoms with Crippen molar-refractivity contribution in [1.29, 1.82) is 0 Å². The summed E-state index contributed by atoms with van der Waals surface area (Å²) in [5.74, 6) is -0.247. The first-order valence-electron chi connectivity index (χ1n) is 9.54. The van der Waals surface area contributed by atoms with E-state index in [0.717, 1.165) is 46.1 Å². The fraction of sp³-hybridized carbons (Fsp3) is 0.261. The molecular formula is C23H23FN2O2. The number of hydrogen-bond donors (Lipinski definition) is 2. The lowest BCUT2D eigenvalue weighted by molar-refractivity contribution is 0.134. The lowest BCUT2D eigenvalue weighted by atomic mass is 9.91. The number of allylic oxidation sites excluding steroid dienone is 1. The van der Waals surface area contributed by atoms with Crippen molar-refractivity contribution in [1.82, 2.24) is 10.3 Å². The standard InChI is InChI=1S/C23H23FN2O2/c1-2-6-16-11-17(24)12-20-19-13-18(9-10-21(19)26-22(16)20)25-23(27)28-14-15-7-4-3-5-8-15/h2-5,7-8,11-12,18,26H,1,6,9-10,13-14H2,(H,25,27). The molecule has 2 N–H and O–H groups in total. The van der Waals surface area contributed by atoms with Crippen LogP contribution in [0.5, 0.6) is 0 Å². The van der Waals surface area contributed by atoms with Crippen LogP contribution in [0.3, 0.4) is 0 Å². The molecule has 3 aromatic rings. The Balaban J connectivity index is 1.47. The monoisotopic (exact) mass is 378 g/mol. The number of hydrogen-bond acceptors (Lipinski definition) is 2. The SMILES string of the molecule is C=CCc1cc(F)cc2c3c([nH]c12)CCC(NC(=O)OCc1ccccc1)C3. The first kappa shape index (κ1) is 18.3. The molecule has 0 radical (unpaired) electrons. The molecule has 1 aliphatic rings. The van der Waals surface area contributed by atoms with Crippen LogP contribution in [-0.4, -0.2) is 17.1 Å². The molecule has 0 saturated carbocycles. The largest absolute Gasteiger partial charge is 0.445 e. The molecule has 0 aliphatic heterocycles. The van der Waals surface area contributed by atoms with Gasteiger partial charge in [-0.05, 0) is 54.5 Å². The number of aromatic amines is 1. The smallest absolute Gasteiger partial charge is 0.407 e. The van der Waals surface area contributed by atoms with Crippen molar-refractivity contribution in [3.8, 4) is 0 Å². The van der Waals surface area contributed by atoms with Crippen molar-refractivity contribution < 1.29 is 13.9 Å². The van der Waals surface area contributed by atoms with E-state index in [9.17, 15) is 9.18 Å². The topological polar surface area (TPSA) is 54.1 Å². The van der Waals surface area contributed by atoms with Crippen LogP contribution in [-0.2, 0) is 30.6 Å². The number of amides is 1. The maximum Gasteiger partial charge on any atom is 0.407 e. The van der Waals surface area contributed by atoms with Crippen LogP contribution in [0.2, 0.25) is 0 Å². The minimum Gasteiger partial charge on any atom is -0.445 e. The number of carbonyl (C=O) groups is 1. The Bertz CT molecular complexity index is 1010. The van der Waals surface area contributed by atoms with Gasteiger partial charge in [0.2, 0.25) is 0 Å². The van der Waals surface area contributed by atoms with Crippen LogP contribution in [0.4, 0.5) is 9.18 Å². The van der Waals surface area contributed by atoms with E-state index in [-0.39, 0.29) is 18.5 Å². The number of H-pyrrole nitrogens is 1. The average Bonchev–Trinajstić information content (AvgIpc) is 3.06. The van der Waals surface area contributed by atoms with Gasteiger partial charge in [0.1, 0.15) is 12.4 Å². The number of carbonyl (C=O) groups excluding carboxylic acids is 1. The second kappa shape index (κ2) is 7.89. The molecule has 1 atom stereocenters. The molecule has 1 amide bonds. The van der Waals surface area contributed by atoms with Crippen LogP contribution < -0.4 is 5.32 Å². The van der Waals surface area contributed by atoms with Crippen LogP contribution in [0, 0.1) is 5.82 Å². The maximum atomic E-state index is 14.1. The summed E-state index contributed by atoms with van der Waals surface area (Å²) < 4.78 is 19.4. The van der Waals surface area contributed by atoms with E-state index in [1.165, 1.54) is 0 Å². The van der Waals surface area contributed by atoms with Crippen LogP contribution in [0.15, 0.2) is 55.1 Å². The van der Waals surface area contributed by atoms with E-state index in [1.807, 2.05) is 30.3 Å². The lowest BCUT2D eigenvalue weighted by Crippen LogP contribution is -2.39. The van der Waals surface area contributed by atoms with Gasteiger partial charge in [0, 0.05) is 22.6 Å². The van der Waals surface area contributed by atoms with Crippen LogP contribution in [0.1, 0.15) is 28.8 Å². The Morgan fingerprint density at radius 2 is 2.14 bits per heavy atom. The average molecular weight is 378 g/mol. The zero-order valence-corrected chi connectivity index (χ0v) is 15.6. The molecule has 0 fully saturated rings. The van der Waals surface area contributed by atoms with Crippen molar-refractivity contribution in [3.05, 3.63) is 83.3 Å². The van der Waals surface area contributed by atoms with Crippen molar-refractivity contribution in [2.24, 2.45) is 0 Å². The van der Waals surface area contributed by atoms with Gasteiger partial charge in [0.15, 0.2) is 0 Å². The Labute approximate surface area is 163 Å². The van der Waals surface area contributed by atoms with E-state index in [4.69, 9.17) is 4.74 Å². The van der Waals surface area contributed by atoms with Gasteiger partial charge in [-0.3, -0.25) is 0 Å². The van der Waals surface area contributed by atoms with E-state index in [2.05, 4.69) is 16.9 Å². The molecule has 2 aromatic carbocycles. The maximum absolute atomic E-state index is 14.1. The summed E-state index contributed by atoms with van der Waals surface area (Å²) in [6, 6.07) is 12.7. The van der Waals surface area contributed by atoms with Crippen molar-refractivity contribution in [2.45, 2.75) is 38.3 Å². The van der Waals surface area contributed by atoms with Gasteiger partial charge in [-0.1, -0.05) is 36.4 Å². The number of nitrogens with one attached hydrogen (secondary N) is 2. The van der Waals surface area contributed by atoms with E-state index in [0.29, 0.717) is 12.8 Å². The van der Waals surface area contributed by atoms with E-state index >= 15 is 0 Å². The Kier molecular flexibility index (Phi) is 5.15. The normalized spacial score (nSPS) is 15.8. The summed E-state index contributed by atoms with van der Waals surface area (Å²) in [5, 5.41) is 3.85. The fourth-order valence-electron chi connectivity index (χ4n) is 3.92. The van der Waals surface area contributed by atoms with Gasteiger partial charge in [0.25, 0.3) is 0 Å². The van der Waals surface area contributed by atoms with Gasteiger partial charge in [-0.25, -0.2) is 9.18 Å². The zero-order chi connectivity index (χ0) is 19.5. The highest BCUT2D eigenvalue weighted by Gasteiger charge is 2.25. The number of benzene rings is 2. The molecule has 0 bridgehead atoms. The minimum atomic E-state index is -0.421. The lowest BCUT2D eigenvalue weighted by Gasteiger charge is -2.23. The number of rotatable bonds is 5. The highest BCUT2D eigenvalue weighted by atomic mass is 19.1. The molecule has 1 unspecified atom stereocenters. The van der Waals surface area contributed by atoms with Crippen LogP contribution >= 0.6 is 0 Å². The zero-order valence-electron chi connectivity index (χ0n) is 15.6.